The minimum Gasteiger partial charge on any atom is -0.361 e. The highest BCUT2D eigenvalue weighted by Crippen LogP contribution is 2.46. The minimum atomic E-state index is 1.08. The number of aromatic amines is 1. The molecule has 0 spiro atoms. The van der Waals surface area contributed by atoms with Crippen molar-refractivity contribution in [3.63, 3.8) is 0 Å². The van der Waals surface area contributed by atoms with Crippen LogP contribution in [0.5, 0.6) is 0 Å². The van der Waals surface area contributed by atoms with Crippen molar-refractivity contribution < 1.29 is 0 Å². The van der Waals surface area contributed by atoms with Crippen LogP contribution in [0.2, 0.25) is 0 Å². The zero-order chi connectivity index (χ0) is 21.8. The molecule has 1 N–H and O–H groups in total. The summed E-state index contributed by atoms with van der Waals surface area (Å²) in [5.41, 5.74) is 9.30. The van der Waals surface area contributed by atoms with Gasteiger partial charge in [0.2, 0.25) is 0 Å². The lowest BCUT2D eigenvalue weighted by Gasteiger charge is -2.23. The number of hydrogen-bond acceptors (Lipinski definition) is 0. The largest absolute Gasteiger partial charge is 0.361 e. The molecule has 33 heavy (non-hydrogen) atoms. The van der Waals surface area contributed by atoms with Gasteiger partial charge in [-0.25, -0.2) is 0 Å². The van der Waals surface area contributed by atoms with E-state index in [0.29, 0.717) is 0 Å². The first kappa shape index (κ1) is 18.5. The van der Waals surface area contributed by atoms with Gasteiger partial charge < -0.3 is 4.98 Å². The van der Waals surface area contributed by atoms with Crippen LogP contribution >= 0.6 is 0 Å². The lowest BCUT2D eigenvalue weighted by Crippen LogP contribution is -2.02. The number of allylic oxidation sites excluding steroid dienone is 1. The van der Waals surface area contributed by atoms with Crippen LogP contribution in [0.3, 0.4) is 0 Å². The number of fused-ring (bicyclic) bond motifs is 4. The van der Waals surface area contributed by atoms with E-state index in [9.17, 15) is 0 Å². The van der Waals surface area contributed by atoms with Gasteiger partial charge in [0, 0.05) is 22.7 Å². The molecule has 0 amide bonds. The van der Waals surface area contributed by atoms with Crippen molar-refractivity contribution in [1.29, 1.82) is 0 Å². The van der Waals surface area contributed by atoms with Crippen LogP contribution in [0.25, 0.3) is 49.1 Å². The third kappa shape index (κ3) is 2.72. The van der Waals surface area contributed by atoms with E-state index in [1.54, 1.807) is 0 Å². The normalized spacial score (nSPS) is 13.4. The lowest BCUT2D eigenvalue weighted by molar-refractivity contribution is 0.978. The first-order valence-electron chi connectivity index (χ1n) is 11.7. The maximum atomic E-state index is 3.50. The Kier molecular flexibility index (Phi) is 4.04. The molecule has 1 nitrogen and oxygen atoms in total. The second kappa shape index (κ2) is 7.21. The molecule has 0 saturated heterocycles. The number of aromatic nitrogens is 1. The van der Waals surface area contributed by atoms with Crippen LogP contribution in [0.4, 0.5) is 0 Å². The fourth-order valence-corrected chi connectivity index (χ4v) is 5.71. The highest BCUT2D eigenvalue weighted by molar-refractivity contribution is 6.22. The molecule has 1 heteroatoms. The number of H-pyrrole nitrogens is 1. The molecule has 1 heterocycles. The summed E-state index contributed by atoms with van der Waals surface area (Å²) in [6.45, 7) is 0. The van der Waals surface area contributed by atoms with E-state index < -0.39 is 0 Å². The van der Waals surface area contributed by atoms with Crippen LogP contribution in [0.1, 0.15) is 23.1 Å². The van der Waals surface area contributed by atoms with Gasteiger partial charge in [-0.2, -0.15) is 0 Å². The quantitative estimate of drug-likeness (QED) is 0.270. The third-order valence-corrected chi connectivity index (χ3v) is 7.13. The molecule has 0 atom stereocenters. The highest BCUT2D eigenvalue weighted by atomic mass is 14.7. The summed E-state index contributed by atoms with van der Waals surface area (Å²) in [4.78, 5) is 3.50. The number of benzene rings is 5. The summed E-state index contributed by atoms with van der Waals surface area (Å²) in [5, 5.41) is 6.52. The van der Waals surface area contributed by atoms with Crippen LogP contribution in [-0.4, -0.2) is 4.98 Å². The zero-order valence-electron chi connectivity index (χ0n) is 18.3. The Hall–Kier alpha value is -4.10. The fourth-order valence-electron chi connectivity index (χ4n) is 5.71. The van der Waals surface area contributed by atoms with Gasteiger partial charge in [-0.3, -0.25) is 0 Å². The Morgan fingerprint density at radius 2 is 1.09 bits per heavy atom. The summed E-state index contributed by atoms with van der Waals surface area (Å²) in [7, 11) is 0. The monoisotopic (exact) mass is 421 g/mol. The van der Waals surface area contributed by atoms with E-state index in [2.05, 4.69) is 114 Å². The molecular formula is C32H23N. The van der Waals surface area contributed by atoms with Gasteiger partial charge in [-0.1, -0.05) is 97.1 Å². The van der Waals surface area contributed by atoms with Gasteiger partial charge >= 0.3 is 0 Å². The van der Waals surface area contributed by atoms with Gasteiger partial charge in [0.25, 0.3) is 0 Å². The number of nitrogens with one attached hydrogen (secondary N) is 1. The Morgan fingerprint density at radius 1 is 0.515 bits per heavy atom. The Labute approximate surface area is 193 Å². The summed E-state index contributed by atoms with van der Waals surface area (Å²) in [6.07, 6.45) is 6.82. The van der Waals surface area contributed by atoms with Crippen molar-refractivity contribution in [2.24, 2.45) is 0 Å². The Bertz CT molecular complexity index is 1660. The number of hydrogen-bond donors (Lipinski definition) is 1. The van der Waals surface area contributed by atoms with Crippen molar-refractivity contribution in [3.8, 4) is 11.1 Å². The van der Waals surface area contributed by atoms with Crippen molar-refractivity contribution in [2.45, 2.75) is 12.8 Å². The van der Waals surface area contributed by atoms with E-state index in [0.717, 1.165) is 12.8 Å². The van der Waals surface area contributed by atoms with Crippen LogP contribution < -0.4 is 0 Å². The van der Waals surface area contributed by atoms with Crippen LogP contribution in [0.15, 0.2) is 109 Å². The molecule has 6 aromatic rings. The molecule has 0 radical (unpaired) electrons. The molecule has 5 aromatic carbocycles. The average molecular weight is 422 g/mol. The SMILES string of the molecule is C1=C(c2c3ccccc3c(-c3c[nH]c4ccccc34)c3ccccc23)c2ccccc2CC1. The first-order valence-corrected chi connectivity index (χ1v) is 11.7. The van der Waals surface area contributed by atoms with Crippen molar-refractivity contribution >= 4 is 38.0 Å². The number of rotatable bonds is 2. The molecular weight excluding hydrogens is 398 g/mol. The summed E-state index contributed by atoms with van der Waals surface area (Å²) >= 11 is 0. The predicted octanol–water partition coefficient (Wildman–Crippen LogP) is 8.52. The van der Waals surface area contributed by atoms with Gasteiger partial charge in [-0.15, -0.1) is 0 Å². The molecule has 0 unspecified atom stereocenters. The minimum absolute atomic E-state index is 1.08. The van der Waals surface area contributed by atoms with E-state index in [4.69, 9.17) is 0 Å². The molecule has 1 aliphatic carbocycles. The van der Waals surface area contributed by atoms with Gasteiger partial charge in [-0.05, 0) is 68.3 Å². The molecule has 0 fully saturated rings. The average Bonchev–Trinajstić information content (AvgIpc) is 3.31. The van der Waals surface area contributed by atoms with Gasteiger partial charge in [0.15, 0.2) is 0 Å². The maximum Gasteiger partial charge on any atom is 0.0460 e. The molecule has 0 saturated carbocycles. The topological polar surface area (TPSA) is 15.8 Å². The first-order chi connectivity index (χ1) is 16.4. The molecule has 1 aliphatic rings. The number of para-hydroxylation sites is 1. The van der Waals surface area contributed by atoms with E-state index in [1.807, 2.05) is 0 Å². The summed E-state index contributed by atoms with van der Waals surface area (Å²) < 4.78 is 0. The predicted molar refractivity (Wildman–Crippen MR) is 141 cm³/mol. The smallest absolute Gasteiger partial charge is 0.0460 e. The second-order valence-electron chi connectivity index (χ2n) is 8.90. The van der Waals surface area contributed by atoms with Gasteiger partial charge in [0.1, 0.15) is 0 Å². The number of aryl methyl sites for hydroxylation is 1. The van der Waals surface area contributed by atoms with E-state index in [1.165, 1.54) is 65.8 Å². The zero-order valence-corrected chi connectivity index (χ0v) is 18.3. The van der Waals surface area contributed by atoms with Crippen LogP contribution in [-0.2, 0) is 6.42 Å². The Balaban J connectivity index is 1.65. The van der Waals surface area contributed by atoms with Gasteiger partial charge in [0.05, 0.1) is 0 Å². The van der Waals surface area contributed by atoms with Crippen molar-refractivity contribution in [2.75, 3.05) is 0 Å². The van der Waals surface area contributed by atoms with Crippen molar-refractivity contribution in [3.05, 3.63) is 126 Å². The standard InChI is InChI=1S/C32H23N/c1-2-12-22-21(10-1)11-9-18-24(22)31-25-14-3-5-16-27(25)32(28-17-6-4-15-26(28)31)29-20-33-30-19-8-7-13-23(29)30/h1-8,10,12-20,33H,9,11H2. The Morgan fingerprint density at radius 3 is 1.82 bits per heavy atom. The third-order valence-electron chi connectivity index (χ3n) is 7.13. The maximum absolute atomic E-state index is 3.50. The highest BCUT2D eigenvalue weighted by Gasteiger charge is 2.22. The van der Waals surface area contributed by atoms with Crippen LogP contribution in [0, 0.1) is 0 Å². The second-order valence-corrected chi connectivity index (χ2v) is 8.90. The van der Waals surface area contributed by atoms with E-state index >= 15 is 0 Å². The van der Waals surface area contributed by atoms with E-state index in [-0.39, 0.29) is 0 Å². The molecule has 0 aliphatic heterocycles. The lowest BCUT2D eigenvalue weighted by atomic mass is 9.80. The molecule has 7 rings (SSSR count). The summed E-state index contributed by atoms with van der Waals surface area (Å²) in [6, 6.07) is 35.4. The molecule has 156 valence electrons. The van der Waals surface area contributed by atoms with Crippen molar-refractivity contribution in [1.82, 2.24) is 4.98 Å². The molecule has 0 bridgehead atoms. The summed E-state index contributed by atoms with van der Waals surface area (Å²) in [5.74, 6) is 0. The molecule has 1 aromatic heterocycles. The fraction of sp³-hybridized carbons (Fsp3) is 0.0625.